The van der Waals surface area contributed by atoms with Crippen LogP contribution in [0.3, 0.4) is 0 Å². The fraction of sp³-hybridized carbons (Fsp3) is 0.250. The van der Waals surface area contributed by atoms with Gasteiger partial charge in [-0.15, -0.1) is 18.3 Å². The Morgan fingerprint density at radius 3 is 2.46 bits per heavy atom. The second-order valence-corrected chi connectivity index (χ2v) is 11.7. The Hall–Kier alpha value is -5.25. The van der Waals surface area contributed by atoms with Gasteiger partial charge in [0, 0.05) is 24.7 Å². The Morgan fingerprint density at radius 2 is 1.83 bits per heavy atom. The molecule has 0 bridgehead atoms. The van der Waals surface area contributed by atoms with Crippen LogP contribution in [0.15, 0.2) is 72.0 Å². The molecule has 48 heavy (non-hydrogen) atoms. The van der Waals surface area contributed by atoms with Crippen LogP contribution in [0.25, 0.3) is 17.1 Å². The SMILES string of the molecule is CCN(C(C)=O)c1ccc(C(C)C)c(N2C(=O)CSC2=NC(=O)Nc2ccc(-c3ncn(-c4ccc(OC(F)(F)F)cc4)n3)cc2F)c1. The van der Waals surface area contributed by atoms with Crippen molar-refractivity contribution in [2.75, 3.05) is 27.4 Å². The molecule has 0 radical (unpaired) electrons. The van der Waals surface area contributed by atoms with Crippen molar-refractivity contribution in [1.82, 2.24) is 14.8 Å². The first-order valence-corrected chi connectivity index (χ1v) is 15.6. The molecule has 3 aromatic carbocycles. The van der Waals surface area contributed by atoms with E-state index in [0.717, 1.165) is 35.5 Å². The minimum atomic E-state index is -4.82. The second kappa shape index (κ2) is 13.9. The summed E-state index contributed by atoms with van der Waals surface area (Å²) in [7, 11) is 0. The van der Waals surface area contributed by atoms with Crippen LogP contribution in [0.2, 0.25) is 0 Å². The molecule has 0 spiro atoms. The smallest absolute Gasteiger partial charge is 0.406 e. The summed E-state index contributed by atoms with van der Waals surface area (Å²) in [5, 5.41) is 6.76. The molecule has 2 heterocycles. The predicted octanol–water partition coefficient (Wildman–Crippen LogP) is 7.14. The van der Waals surface area contributed by atoms with E-state index in [4.69, 9.17) is 0 Å². The lowest BCUT2D eigenvalue weighted by Crippen LogP contribution is -2.32. The number of nitrogens with one attached hydrogen (secondary N) is 1. The number of alkyl halides is 3. The standard InChI is InChI=1S/C32H29F4N7O4S/c1-5-41(19(4)44)22-9-12-24(18(2)3)27(15-22)43-28(45)16-48-31(43)39-30(46)38-26-13-6-20(14-25(26)33)29-37-17-42(40-29)21-7-10-23(11-8-21)47-32(34,35)36/h6-15,17-18H,5,16H2,1-4H3,(H,38,46). The quantitative estimate of drug-likeness (QED) is 0.196. The maximum atomic E-state index is 15.2. The average molecular weight is 684 g/mol. The molecule has 4 amide bonds. The zero-order valence-electron chi connectivity index (χ0n) is 26.1. The number of aromatic nitrogens is 3. The van der Waals surface area contributed by atoms with Crippen LogP contribution in [0.5, 0.6) is 5.75 Å². The van der Waals surface area contributed by atoms with Crippen LogP contribution in [0.1, 0.15) is 39.2 Å². The molecular weight excluding hydrogens is 654 g/mol. The van der Waals surface area contributed by atoms with Gasteiger partial charge in [0.25, 0.3) is 0 Å². The van der Waals surface area contributed by atoms with Crippen LogP contribution in [0, 0.1) is 5.82 Å². The first-order valence-electron chi connectivity index (χ1n) is 14.6. The van der Waals surface area contributed by atoms with Gasteiger partial charge in [0.15, 0.2) is 11.0 Å². The summed E-state index contributed by atoms with van der Waals surface area (Å²) in [5.41, 5.74) is 2.37. The van der Waals surface area contributed by atoms with Gasteiger partial charge >= 0.3 is 12.4 Å². The first-order chi connectivity index (χ1) is 22.7. The number of halogens is 4. The van der Waals surface area contributed by atoms with Crippen molar-refractivity contribution in [3.8, 4) is 22.8 Å². The highest BCUT2D eigenvalue weighted by Gasteiger charge is 2.33. The monoisotopic (exact) mass is 683 g/mol. The molecule has 11 nitrogen and oxygen atoms in total. The third-order valence-corrected chi connectivity index (χ3v) is 8.07. The third kappa shape index (κ3) is 7.65. The number of hydrogen-bond acceptors (Lipinski definition) is 7. The summed E-state index contributed by atoms with van der Waals surface area (Å²) in [6.45, 7) is 7.62. The molecule has 16 heteroatoms. The molecule has 0 aliphatic carbocycles. The maximum Gasteiger partial charge on any atom is 0.573 e. The molecule has 0 atom stereocenters. The van der Waals surface area contributed by atoms with Crippen molar-refractivity contribution in [2.24, 2.45) is 4.99 Å². The lowest BCUT2D eigenvalue weighted by Gasteiger charge is -2.26. The number of ether oxygens (including phenoxy) is 1. The van der Waals surface area contributed by atoms with Gasteiger partial charge in [-0.2, -0.15) is 4.99 Å². The lowest BCUT2D eigenvalue weighted by atomic mass is 9.99. The number of aliphatic imine (C=N–C) groups is 1. The van der Waals surface area contributed by atoms with Crippen LogP contribution in [0.4, 0.5) is 39.4 Å². The number of nitrogens with zero attached hydrogens (tertiary/aromatic N) is 6. The van der Waals surface area contributed by atoms with Crippen molar-refractivity contribution < 1.29 is 36.7 Å². The number of amides is 4. The van der Waals surface area contributed by atoms with Crippen LogP contribution < -0.4 is 19.9 Å². The summed E-state index contributed by atoms with van der Waals surface area (Å²) in [5.74, 6) is -1.52. The molecule has 4 aromatic rings. The van der Waals surface area contributed by atoms with Gasteiger partial charge < -0.3 is 15.0 Å². The minimum absolute atomic E-state index is 0.00171. The Labute approximate surface area is 276 Å². The molecule has 1 aliphatic heterocycles. The van der Waals surface area contributed by atoms with Gasteiger partial charge in [0.2, 0.25) is 11.8 Å². The van der Waals surface area contributed by atoms with E-state index in [-0.39, 0.29) is 45.7 Å². The van der Waals surface area contributed by atoms with Gasteiger partial charge in [-0.1, -0.05) is 31.7 Å². The maximum absolute atomic E-state index is 15.2. The van der Waals surface area contributed by atoms with Crippen molar-refractivity contribution in [1.29, 1.82) is 0 Å². The Bertz CT molecular complexity index is 1890. The largest absolute Gasteiger partial charge is 0.573 e. The van der Waals surface area contributed by atoms with Crippen molar-refractivity contribution in [2.45, 2.75) is 40.0 Å². The molecule has 1 aliphatic rings. The van der Waals surface area contributed by atoms with Gasteiger partial charge in [-0.25, -0.2) is 18.9 Å². The molecule has 1 aromatic heterocycles. The Kier molecular flexibility index (Phi) is 9.84. The normalized spacial score (nSPS) is 14.1. The van der Waals surface area contributed by atoms with Gasteiger partial charge in [-0.3, -0.25) is 14.5 Å². The fourth-order valence-electron chi connectivity index (χ4n) is 4.96. The molecule has 250 valence electrons. The van der Waals surface area contributed by atoms with Crippen LogP contribution >= 0.6 is 11.8 Å². The molecule has 0 saturated carbocycles. The number of amidine groups is 1. The molecule has 1 N–H and O–H groups in total. The number of thioether (sulfide) groups is 1. The molecule has 0 unspecified atom stereocenters. The molecular formula is C32H29F4N7O4S. The fourth-order valence-corrected chi connectivity index (χ4v) is 5.81. The zero-order valence-corrected chi connectivity index (χ0v) is 26.9. The van der Waals surface area contributed by atoms with E-state index in [9.17, 15) is 27.6 Å². The van der Waals surface area contributed by atoms with E-state index in [1.807, 2.05) is 32.9 Å². The van der Waals surface area contributed by atoms with Crippen LogP contribution in [-0.4, -0.2) is 56.4 Å². The van der Waals surface area contributed by atoms with Crippen LogP contribution in [-0.2, 0) is 9.59 Å². The predicted molar refractivity (Wildman–Crippen MR) is 174 cm³/mol. The second-order valence-electron chi connectivity index (χ2n) is 10.8. The number of carbonyl (C=O) groups excluding carboxylic acids is 3. The van der Waals surface area contributed by atoms with Crippen molar-refractivity contribution in [3.05, 3.63) is 78.4 Å². The van der Waals surface area contributed by atoms with E-state index in [1.165, 1.54) is 47.1 Å². The summed E-state index contributed by atoms with van der Waals surface area (Å²) in [6, 6.07) is 13.3. The summed E-state index contributed by atoms with van der Waals surface area (Å²) in [6.07, 6.45) is -3.51. The van der Waals surface area contributed by atoms with E-state index in [2.05, 4.69) is 25.1 Å². The van der Waals surface area contributed by atoms with Gasteiger partial charge in [0.05, 0.1) is 22.8 Å². The van der Waals surface area contributed by atoms with E-state index in [0.29, 0.717) is 23.6 Å². The average Bonchev–Trinajstić information content (AvgIpc) is 3.65. The zero-order chi connectivity index (χ0) is 34.7. The molecule has 1 saturated heterocycles. The number of benzene rings is 3. The van der Waals surface area contributed by atoms with Gasteiger partial charge in [-0.05, 0) is 73.0 Å². The summed E-state index contributed by atoms with van der Waals surface area (Å²) < 4.78 is 57.6. The Morgan fingerprint density at radius 1 is 1.10 bits per heavy atom. The summed E-state index contributed by atoms with van der Waals surface area (Å²) >= 11 is 1.06. The Balaban J connectivity index is 1.34. The topological polar surface area (TPSA) is 122 Å². The minimum Gasteiger partial charge on any atom is -0.406 e. The summed E-state index contributed by atoms with van der Waals surface area (Å²) in [4.78, 5) is 49.4. The number of hydrogen-bond donors (Lipinski definition) is 1. The highest BCUT2D eigenvalue weighted by Crippen LogP contribution is 2.36. The van der Waals surface area contributed by atoms with E-state index in [1.54, 1.807) is 11.0 Å². The first kappa shape index (κ1) is 34.1. The van der Waals surface area contributed by atoms with E-state index >= 15 is 4.39 Å². The number of anilines is 3. The number of carbonyl (C=O) groups is 3. The lowest BCUT2D eigenvalue weighted by molar-refractivity contribution is -0.274. The van der Waals surface area contributed by atoms with Gasteiger partial charge in [0.1, 0.15) is 17.9 Å². The molecule has 1 fully saturated rings. The van der Waals surface area contributed by atoms with Crippen molar-refractivity contribution >= 4 is 51.8 Å². The highest BCUT2D eigenvalue weighted by atomic mass is 32.2. The van der Waals surface area contributed by atoms with Crippen molar-refractivity contribution in [3.63, 3.8) is 0 Å². The number of urea groups is 1. The number of rotatable bonds is 8. The highest BCUT2D eigenvalue weighted by molar-refractivity contribution is 8.15. The molecule has 5 rings (SSSR count). The van der Waals surface area contributed by atoms with E-state index < -0.39 is 24.0 Å². The third-order valence-electron chi connectivity index (χ3n) is 7.14.